The maximum atomic E-state index is 13.8. The Kier molecular flexibility index (Phi) is 7.45. The van der Waals surface area contributed by atoms with Crippen molar-refractivity contribution in [3.63, 3.8) is 0 Å². The number of benzene rings is 1. The third-order valence-corrected chi connectivity index (χ3v) is 3.20. The molecule has 0 aliphatic heterocycles. The van der Waals surface area contributed by atoms with Crippen LogP contribution in [0.3, 0.4) is 0 Å². The van der Waals surface area contributed by atoms with Crippen molar-refractivity contribution in [3.8, 4) is 5.75 Å². The van der Waals surface area contributed by atoms with Gasteiger partial charge in [0, 0.05) is 18.2 Å². The topological polar surface area (TPSA) is 41.5 Å². The number of aliphatic hydroxyl groups excluding tert-OH is 1. The van der Waals surface area contributed by atoms with Gasteiger partial charge >= 0.3 is 0 Å². The lowest BCUT2D eigenvalue weighted by molar-refractivity contribution is 0.282. The third-order valence-electron chi connectivity index (χ3n) is 3.20. The second-order valence-electron chi connectivity index (χ2n) is 4.67. The van der Waals surface area contributed by atoms with Crippen LogP contribution in [0, 0.1) is 5.82 Å². The highest BCUT2D eigenvalue weighted by Crippen LogP contribution is 2.27. The molecule has 0 bridgehead atoms. The molecule has 19 heavy (non-hydrogen) atoms. The standard InChI is InChI=1S/C15H24FNO2/c1-12(17-10-5-3-4-6-11-18)15-13(16)8-7-9-14(15)19-2/h7-9,12,17-18H,3-6,10-11H2,1-2H3. The molecular formula is C15H24FNO2. The Hall–Kier alpha value is -1.13. The van der Waals surface area contributed by atoms with Gasteiger partial charge in [0.1, 0.15) is 11.6 Å². The summed E-state index contributed by atoms with van der Waals surface area (Å²) in [5.74, 6) is 0.347. The zero-order chi connectivity index (χ0) is 14.1. The Bertz CT molecular complexity index is 371. The van der Waals surface area contributed by atoms with Gasteiger partial charge in [-0.15, -0.1) is 0 Å². The van der Waals surface area contributed by atoms with Crippen LogP contribution in [0.15, 0.2) is 18.2 Å². The molecule has 0 aliphatic carbocycles. The fourth-order valence-corrected chi connectivity index (χ4v) is 2.13. The first kappa shape index (κ1) is 15.9. The van der Waals surface area contributed by atoms with Gasteiger partial charge < -0.3 is 15.2 Å². The van der Waals surface area contributed by atoms with Gasteiger partial charge in [-0.2, -0.15) is 0 Å². The molecule has 0 aromatic heterocycles. The third kappa shape index (κ3) is 5.17. The van der Waals surface area contributed by atoms with Crippen molar-refractivity contribution in [1.29, 1.82) is 0 Å². The summed E-state index contributed by atoms with van der Waals surface area (Å²) in [6, 6.07) is 4.81. The summed E-state index contributed by atoms with van der Waals surface area (Å²) in [5.41, 5.74) is 0.584. The number of nitrogens with one attached hydrogen (secondary N) is 1. The van der Waals surface area contributed by atoms with E-state index in [-0.39, 0.29) is 18.5 Å². The zero-order valence-corrected chi connectivity index (χ0v) is 11.8. The minimum atomic E-state index is -0.236. The summed E-state index contributed by atoms with van der Waals surface area (Å²) in [7, 11) is 1.56. The van der Waals surface area contributed by atoms with E-state index in [0.29, 0.717) is 11.3 Å². The lowest BCUT2D eigenvalue weighted by Crippen LogP contribution is -2.21. The minimum absolute atomic E-state index is 0.0750. The largest absolute Gasteiger partial charge is 0.496 e. The van der Waals surface area contributed by atoms with Crippen molar-refractivity contribution < 1.29 is 14.2 Å². The molecule has 1 aromatic rings. The Balaban J connectivity index is 2.43. The molecule has 2 N–H and O–H groups in total. The van der Waals surface area contributed by atoms with E-state index < -0.39 is 0 Å². The Labute approximate surface area is 114 Å². The minimum Gasteiger partial charge on any atom is -0.496 e. The molecule has 0 aliphatic rings. The van der Waals surface area contributed by atoms with Crippen LogP contribution >= 0.6 is 0 Å². The quantitative estimate of drug-likeness (QED) is 0.677. The van der Waals surface area contributed by atoms with E-state index in [9.17, 15) is 4.39 Å². The van der Waals surface area contributed by atoms with E-state index in [2.05, 4.69) is 5.32 Å². The molecule has 0 saturated heterocycles. The summed E-state index contributed by atoms with van der Waals surface area (Å²) < 4.78 is 19.0. The van der Waals surface area contributed by atoms with Crippen LogP contribution in [0.25, 0.3) is 0 Å². The fourth-order valence-electron chi connectivity index (χ4n) is 2.13. The molecule has 1 atom stereocenters. The van der Waals surface area contributed by atoms with Crippen molar-refractivity contribution in [2.24, 2.45) is 0 Å². The normalized spacial score (nSPS) is 12.4. The number of halogens is 1. The summed E-state index contributed by atoms with van der Waals surface area (Å²) >= 11 is 0. The Morgan fingerprint density at radius 3 is 2.68 bits per heavy atom. The van der Waals surface area contributed by atoms with Gasteiger partial charge in [0.05, 0.1) is 7.11 Å². The molecule has 0 radical (unpaired) electrons. The number of ether oxygens (including phenoxy) is 1. The first-order valence-corrected chi connectivity index (χ1v) is 6.87. The fraction of sp³-hybridized carbons (Fsp3) is 0.600. The van der Waals surface area contributed by atoms with Gasteiger partial charge in [0.15, 0.2) is 0 Å². The first-order chi connectivity index (χ1) is 9.20. The van der Waals surface area contributed by atoms with Crippen LogP contribution in [0.2, 0.25) is 0 Å². The molecule has 0 saturated carbocycles. The highest BCUT2D eigenvalue weighted by molar-refractivity contribution is 5.36. The maximum absolute atomic E-state index is 13.8. The molecule has 0 heterocycles. The lowest BCUT2D eigenvalue weighted by Gasteiger charge is -2.18. The molecule has 4 heteroatoms. The van der Waals surface area contributed by atoms with Gasteiger partial charge in [-0.3, -0.25) is 0 Å². The molecule has 1 rings (SSSR count). The number of hydrogen-bond donors (Lipinski definition) is 2. The molecule has 0 spiro atoms. The average Bonchev–Trinajstić information content (AvgIpc) is 2.42. The van der Waals surface area contributed by atoms with Gasteiger partial charge in [0.2, 0.25) is 0 Å². The molecule has 1 aromatic carbocycles. The van der Waals surface area contributed by atoms with Gasteiger partial charge in [-0.1, -0.05) is 18.9 Å². The summed E-state index contributed by atoms with van der Waals surface area (Å²) in [6.45, 7) is 3.04. The smallest absolute Gasteiger partial charge is 0.131 e. The highest BCUT2D eigenvalue weighted by atomic mass is 19.1. The van der Waals surface area contributed by atoms with E-state index in [1.165, 1.54) is 6.07 Å². The second kappa shape index (κ2) is 8.88. The van der Waals surface area contributed by atoms with Gasteiger partial charge in [-0.05, 0) is 38.4 Å². The van der Waals surface area contributed by atoms with E-state index in [1.807, 2.05) is 6.92 Å². The van der Waals surface area contributed by atoms with Crippen LogP contribution in [-0.4, -0.2) is 25.4 Å². The first-order valence-electron chi connectivity index (χ1n) is 6.87. The van der Waals surface area contributed by atoms with Crippen LogP contribution in [0.5, 0.6) is 5.75 Å². The van der Waals surface area contributed by atoms with Crippen molar-refractivity contribution in [2.45, 2.75) is 38.6 Å². The van der Waals surface area contributed by atoms with E-state index in [1.54, 1.807) is 19.2 Å². The van der Waals surface area contributed by atoms with E-state index in [4.69, 9.17) is 9.84 Å². The maximum Gasteiger partial charge on any atom is 0.131 e. The summed E-state index contributed by atoms with van der Waals surface area (Å²) in [5, 5.41) is 12.0. The Morgan fingerprint density at radius 1 is 1.26 bits per heavy atom. The number of hydrogen-bond acceptors (Lipinski definition) is 3. The highest BCUT2D eigenvalue weighted by Gasteiger charge is 2.15. The predicted octanol–water partition coefficient (Wildman–Crippen LogP) is 3.04. The SMILES string of the molecule is COc1cccc(F)c1C(C)NCCCCCCO. The molecule has 108 valence electrons. The monoisotopic (exact) mass is 269 g/mol. The van der Waals surface area contributed by atoms with E-state index >= 15 is 0 Å². The molecular weight excluding hydrogens is 245 g/mol. The number of methoxy groups -OCH3 is 1. The van der Waals surface area contributed by atoms with Gasteiger partial charge in [0.25, 0.3) is 0 Å². The van der Waals surface area contributed by atoms with Crippen molar-refractivity contribution in [1.82, 2.24) is 5.32 Å². The average molecular weight is 269 g/mol. The summed E-state index contributed by atoms with van der Waals surface area (Å²) in [6.07, 6.45) is 4.00. The Morgan fingerprint density at radius 2 is 2.00 bits per heavy atom. The number of aliphatic hydroxyl groups is 1. The molecule has 3 nitrogen and oxygen atoms in total. The predicted molar refractivity (Wildman–Crippen MR) is 74.9 cm³/mol. The molecule has 1 unspecified atom stereocenters. The number of rotatable bonds is 9. The van der Waals surface area contributed by atoms with Crippen LogP contribution in [0.4, 0.5) is 4.39 Å². The molecule has 0 fully saturated rings. The van der Waals surface area contributed by atoms with Crippen molar-refractivity contribution in [3.05, 3.63) is 29.6 Å². The van der Waals surface area contributed by atoms with Crippen molar-refractivity contribution >= 4 is 0 Å². The lowest BCUT2D eigenvalue weighted by atomic mass is 10.1. The second-order valence-corrected chi connectivity index (χ2v) is 4.67. The molecule has 0 amide bonds. The van der Waals surface area contributed by atoms with Crippen LogP contribution in [0.1, 0.15) is 44.2 Å². The van der Waals surface area contributed by atoms with Crippen LogP contribution < -0.4 is 10.1 Å². The van der Waals surface area contributed by atoms with Gasteiger partial charge in [-0.25, -0.2) is 4.39 Å². The summed E-state index contributed by atoms with van der Waals surface area (Å²) in [4.78, 5) is 0. The van der Waals surface area contributed by atoms with E-state index in [0.717, 1.165) is 32.2 Å². The van der Waals surface area contributed by atoms with Crippen molar-refractivity contribution in [2.75, 3.05) is 20.3 Å². The van der Waals surface area contributed by atoms with Crippen LogP contribution in [-0.2, 0) is 0 Å². The zero-order valence-electron chi connectivity index (χ0n) is 11.8. The number of unbranched alkanes of at least 4 members (excludes halogenated alkanes) is 3.